The topological polar surface area (TPSA) is 62.3 Å². The van der Waals surface area contributed by atoms with E-state index in [1.54, 1.807) is 35.0 Å². The molecule has 0 radical (unpaired) electrons. The minimum atomic E-state index is -0.266. The monoisotopic (exact) mass is 441 g/mol. The summed E-state index contributed by atoms with van der Waals surface area (Å²) in [7, 11) is 0. The summed E-state index contributed by atoms with van der Waals surface area (Å²) in [4.78, 5) is 33.0. The third-order valence-corrected chi connectivity index (χ3v) is 6.64. The Labute approximate surface area is 182 Å². The number of para-hydroxylation sites is 1. The maximum atomic E-state index is 13.0. The molecule has 0 spiro atoms. The minimum Gasteiger partial charge on any atom is -0.310 e. The van der Waals surface area contributed by atoms with Crippen molar-refractivity contribution < 1.29 is 14.0 Å². The Morgan fingerprint density at radius 1 is 1.10 bits per heavy atom. The Morgan fingerprint density at radius 2 is 1.90 bits per heavy atom. The van der Waals surface area contributed by atoms with Crippen molar-refractivity contribution in [1.82, 2.24) is 4.98 Å². The van der Waals surface area contributed by atoms with E-state index in [-0.39, 0.29) is 30.5 Å². The van der Waals surface area contributed by atoms with Crippen LogP contribution in [-0.4, -0.2) is 29.1 Å². The smallest absolute Gasteiger partial charge is 0.227 e. The van der Waals surface area contributed by atoms with Crippen LogP contribution in [0.4, 0.5) is 15.2 Å². The molecule has 0 saturated carbocycles. The number of hydrogen-bond acceptors (Lipinski definition) is 5. The number of anilines is 2. The summed E-state index contributed by atoms with van der Waals surface area (Å²) in [6.07, 6.45) is 2.59. The lowest BCUT2D eigenvalue weighted by atomic mass is 10.1. The van der Waals surface area contributed by atoms with Gasteiger partial charge in [0.2, 0.25) is 11.8 Å². The van der Waals surface area contributed by atoms with E-state index < -0.39 is 0 Å². The van der Waals surface area contributed by atoms with E-state index in [4.69, 9.17) is 0 Å². The quantitative estimate of drug-likeness (QED) is 0.601. The minimum absolute atomic E-state index is 0.0472. The molecule has 5 nitrogen and oxygen atoms in total. The van der Waals surface area contributed by atoms with Gasteiger partial charge < -0.3 is 10.2 Å². The van der Waals surface area contributed by atoms with Crippen molar-refractivity contribution in [3.63, 3.8) is 0 Å². The zero-order valence-electron chi connectivity index (χ0n) is 16.1. The van der Waals surface area contributed by atoms with E-state index in [0.29, 0.717) is 18.1 Å². The van der Waals surface area contributed by atoms with E-state index in [1.807, 2.05) is 24.3 Å². The Morgan fingerprint density at radius 3 is 2.73 bits per heavy atom. The number of thiazole rings is 1. The van der Waals surface area contributed by atoms with Crippen LogP contribution in [0, 0.1) is 5.82 Å². The van der Waals surface area contributed by atoms with Crippen LogP contribution in [-0.2, 0) is 16.0 Å². The predicted molar refractivity (Wildman–Crippen MR) is 119 cm³/mol. The van der Waals surface area contributed by atoms with Gasteiger partial charge in [0, 0.05) is 47.5 Å². The molecular formula is C22H20FN3O2S2. The van der Waals surface area contributed by atoms with Gasteiger partial charge in [0.25, 0.3) is 0 Å². The van der Waals surface area contributed by atoms with Gasteiger partial charge in [0.1, 0.15) is 5.82 Å². The van der Waals surface area contributed by atoms with Gasteiger partial charge in [0.15, 0.2) is 5.13 Å². The summed E-state index contributed by atoms with van der Waals surface area (Å²) in [5, 5.41) is 3.27. The van der Waals surface area contributed by atoms with Crippen molar-refractivity contribution in [1.29, 1.82) is 0 Å². The van der Waals surface area contributed by atoms with Crippen LogP contribution in [0.3, 0.4) is 0 Å². The number of hydrogen-bond donors (Lipinski definition) is 1. The van der Waals surface area contributed by atoms with Crippen molar-refractivity contribution in [3.8, 4) is 0 Å². The summed E-state index contributed by atoms with van der Waals surface area (Å²) in [6, 6.07) is 14.2. The van der Waals surface area contributed by atoms with Crippen molar-refractivity contribution in [3.05, 3.63) is 71.0 Å². The standard InChI is InChI=1S/C22H20FN3O2S2/c23-16-7-5-15(6-8-16)13-17-14-24-22(30-17)25-20(27)9-10-21(28)26-11-12-29-19-4-2-1-3-18(19)26/h1-8,14H,9-13H2,(H,24,25,27). The molecule has 0 fully saturated rings. The fourth-order valence-corrected chi connectivity index (χ4v) is 5.07. The largest absolute Gasteiger partial charge is 0.310 e. The Balaban J connectivity index is 1.29. The van der Waals surface area contributed by atoms with Crippen LogP contribution in [0.25, 0.3) is 0 Å². The number of nitrogens with one attached hydrogen (secondary N) is 1. The van der Waals surface area contributed by atoms with Gasteiger partial charge in [-0.25, -0.2) is 9.37 Å². The Hall–Kier alpha value is -2.71. The van der Waals surface area contributed by atoms with E-state index in [1.165, 1.54) is 23.5 Å². The molecule has 0 saturated heterocycles. The van der Waals surface area contributed by atoms with Gasteiger partial charge in [-0.1, -0.05) is 24.3 Å². The third-order valence-electron chi connectivity index (χ3n) is 4.69. The molecule has 8 heteroatoms. The molecule has 0 bridgehead atoms. The highest BCUT2D eigenvalue weighted by Gasteiger charge is 2.23. The molecule has 4 rings (SSSR count). The molecule has 2 heterocycles. The SMILES string of the molecule is O=C(CCC(=O)N1CCSc2ccccc21)Nc1ncc(Cc2ccc(F)cc2)s1. The Kier molecular flexibility index (Phi) is 6.44. The lowest BCUT2D eigenvalue weighted by molar-refractivity contribution is -0.122. The van der Waals surface area contributed by atoms with Crippen molar-refractivity contribution >= 4 is 45.7 Å². The van der Waals surface area contributed by atoms with E-state index in [0.717, 1.165) is 26.8 Å². The maximum absolute atomic E-state index is 13.0. The number of fused-ring (bicyclic) bond motifs is 1. The second-order valence-corrected chi connectivity index (χ2v) is 9.10. The van der Waals surface area contributed by atoms with Crippen LogP contribution < -0.4 is 10.2 Å². The molecule has 1 aliphatic heterocycles. The van der Waals surface area contributed by atoms with Crippen molar-refractivity contribution in [2.24, 2.45) is 0 Å². The number of carbonyl (C=O) groups is 2. The highest BCUT2D eigenvalue weighted by molar-refractivity contribution is 7.99. The highest BCUT2D eigenvalue weighted by Crippen LogP contribution is 2.34. The number of aromatic nitrogens is 1. The highest BCUT2D eigenvalue weighted by atomic mass is 32.2. The normalized spacial score (nSPS) is 13.0. The average molecular weight is 442 g/mol. The van der Waals surface area contributed by atoms with Crippen LogP contribution >= 0.6 is 23.1 Å². The van der Waals surface area contributed by atoms with E-state index in [2.05, 4.69) is 10.3 Å². The first-order valence-corrected chi connectivity index (χ1v) is 11.4. The lowest BCUT2D eigenvalue weighted by Gasteiger charge is -2.28. The molecule has 0 aliphatic carbocycles. The number of thioether (sulfide) groups is 1. The van der Waals surface area contributed by atoms with Gasteiger partial charge in [-0.05, 0) is 29.8 Å². The average Bonchev–Trinajstić information content (AvgIpc) is 3.20. The third kappa shape index (κ3) is 5.06. The number of halogens is 1. The molecule has 0 unspecified atom stereocenters. The van der Waals surface area contributed by atoms with Crippen molar-refractivity contribution in [2.45, 2.75) is 24.2 Å². The molecule has 3 aromatic rings. The molecule has 154 valence electrons. The molecule has 0 atom stereocenters. The summed E-state index contributed by atoms with van der Waals surface area (Å²) >= 11 is 3.12. The molecule has 1 aromatic heterocycles. The van der Waals surface area contributed by atoms with Gasteiger partial charge in [-0.3, -0.25) is 9.59 Å². The van der Waals surface area contributed by atoms with Gasteiger partial charge in [-0.2, -0.15) is 0 Å². The zero-order chi connectivity index (χ0) is 20.9. The Bertz CT molecular complexity index is 1050. The molecule has 1 N–H and O–H groups in total. The first-order chi connectivity index (χ1) is 14.6. The van der Waals surface area contributed by atoms with Gasteiger partial charge in [0.05, 0.1) is 5.69 Å². The zero-order valence-corrected chi connectivity index (χ0v) is 17.8. The first-order valence-electron chi connectivity index (χ1n) is 9.60. The summed E-state index contributed by atoms with van der Waals surface area (Å²) in [5.74, 6) is 0.308. The first kappa shape index (κ1) is 20.6. The maximum Gasteiger partial charge on any atom is 0.227 e. The predicted octanol–water partition coefficient (Wildman–Crippen LogP) is 4.73. The van der Waals surface area contributed by atoms with Crippen molar-refractivity contribution in [2.75, 3.05) is 22.5 Å². The number of benzene rings is 2. The van der Waals surface area contributed by atoms with Crippen LogP contribution in [0.5, 0.6) is 0 Å². The van der Waals surface area contributed by atoms with E-state index >= 15 is 0 Å². The fraction of sp³-hybridized carbons (Fsp3) is 0.227. The summed E-state index contributed by atoms with van der Waals surface area (Å²) < 4.78 is 13.0. The summed E-state index contributed by atoms with van der Waals surface area (Å²) in [6.45, 7) is 0.654. The van der Waals surface area contributed by atoms with Crippen LogP contribution in [0.2, 0.25) is 0 Å². The van der Waals surface area contributed by atoms with Crippen LogP contribution in [0.15, 0.2) is 59.6 Å². The number of carbonyl (C=O) groups excluding carboxylic acids is 2. The molecule has 30 heavy (non-hydrogen) atoms. The number of nitrogens with zero attached hydrogens (tertiary/aromatic N) is 2. The molecule has 2 aromatic carbocycles. The van der Waals surface area contributed by atoms with Gasteiger partial charge in [-0.15, -0.1) is 23.1 Å². The number of amides is 2. The second-order valence-electron chi connectivity index (χ2n) is 6.84. The fourth-order valence-electron chi connectivity index (χ4n) is 3.22. The summed E-state index contributed by atoms with van der Waals surface area (Å²) in [5.41, 5.74) is 1.90. The lowest BCUT2D eigenvalue weighted by Crippen LogP contribution is -2.35. The molecule has 1 aliphatic rings. The second kappa shape index (κ2) is 9.40. The van der Waals surface area contributed by atoms with Gasteiger partial charge >= 0.3 is 0 Å². The van der Waals surface area contributed by atoms with Crippen LogP contribution in [0.1, 0.15) is 23.3 Å². The number of rotatable bonds is 6. The molecular weight excluding hydrogens is 421 g/mol. The van der Waals surface area contributed by atoms with E-state index in [9.17, 15) is 14.0 Å². The molecule has 2 amide bonds.